The van der Waals surface area contributed by atoms with Gasteiger partial charge in [0.25, 0.3) is 0 Å². The van der Waals surface area contributed by atoms with Gasteiger partial charge in [-0.05, 0) is 13.3 Å². The summed E-state index contributed by atoms with van der Waals surface area (Å²) < 4.78 is 31.8. The number of carboxylic acid groups (broad SMARTS) is 1. The summed E-state index contributed by atoms with van der Waals surface area (Å²) in [5, 5.41) is 8.26. The van der Waals surface area contributed by atoms with E-state index in [4.69, 9.17) is 5.11 Å². The number of nitrogens with one attached hydrogen (secondary N) is 1. The van der Waals surface area contributed by atoms with Crippen LogP contribution in [0.3, 0.4) is 0 Å². The Morgan fingerprint density at radius 3 is 2.50 bits per heavy atom. The van der Waals surface area contributed by atoms with Gasteiger partial charge in [0.15, 0.2) is 0 Å². The van der Waals surface area contributed by atoms with Crippen molar-refractivity contribution in [2.75, 3.05) is 13.2 Å². The van der Waals surface area contributed by atoms with Crippen molar-refractivity contribution in [3.63, 3.8) is 0 Å². The number of aliphatic carboxylic acids is 1. The average Bonchev–Trinajstić information content (AvgIpc) is 2.11. The lowest BCUT2D eigenvalue weighted by atomic mass is 10.3. The molecule has 16 heavy (non-hydrogen) atoms. The fraction of sp³-hybridized carbons (Fsp3) is 0.714. The van der Waals surface area contributed by atoms with Gasteiger partial charge >= 0.3 is 22.4 Å². The van der Waals surface area contributed by atoms with Gasteiger partial charge in [-0.1, -0.05) is 0 Å². The molecule has 0 spiro atoms. The summed E-state index contributed by atoms with van der Waals surface area (Å²) in [5.74, 6) is -1.02. The van der Waals surface area contributed by atoms with Crippen molar-refractivity contribution in [1.29, 1.82) is 0 Å². The van der Waals surface area contributed by atoms with Crippen LogP contribution < -0.4 is 4.72 Å². The minimum absolute atomic E-state index is 0.109. The molecule has 0 radical (unpaired) electrons. The highest BCUT2D eigenvalue weighted by molar-refractivity contribution is 7.85. The van der Waals surface area contributed by atoms with Crippen molar-refractivity contribution in [2.45, 2.75) is 19.8 Å². The van der Waals surface area contributed by atoms with Crippen LogP contribution in [0.2, 0.25) is 0 Å². The molecule has 0 aromatic heterocycles. The Balaban J connectivity index is 3.79. The second kappa shape index (κ2) is 7.01. The first-order valence-corrected chi connectivity index (χ1v) is 5.84. The summed E-state index contributed by atoms with van der Waals surface area (Å²) in [4.78, 5) is 20.9. The fourth-order valence-corrected chi connectivity index (χ4v) is 1.34. The lowest BCUT2D eigenvalue weighted by Crippen LogP contribution is -2.32. The molecule has 0 aromatic rings. The summed E-state index contributed by atoms with van der Waals surface area (Å²) in [6, 6.07) is 0. The van der Waals surface area contributed by atoms with E-state index in [1.807, 2.05) is 0 Å². The first-order chi connectivity index (χ1) is 7.37. The molecule has 2 N–H and O–H groups in total. The molecule has 0 saturated carbocycles. The molecule has 0 aliphatic heterocycles. The third-order valence-corrected chi connectivity index (χ3v) is 2.21. The highest BCUT2D eigenvalue weighted by Crippen LogP contribution is 1.93. The summed E-state index contributed by atoms with van der Waals surface area (Å²) in [5.41, 5.74) is 0. The minimum atomic E-state index is -4.13. The Labute approximate surface area is 92.8 Å². The quantitative estimate of drug-likeness (QED) is 0.607. The molecule has 0 saturated heterocycles. The molecule has 8 nitrogen and oxygen atoms in total. The van der Waals surface area contributed by atoms with Gasteiger partial charge in [-0.2, -0.15) is 13.1 Å². The predicted molar refractivity (Wildman–Crippen MR) is 51.9 cm³/mol. The number of carbonyl (C=O) groups is 2. The summed E-state index contributed by atoms with van der Waals surface area (Å²) in [6.45, 7) is 1.15. The molecule has 0 atom stereocenters. The molecule has 0 aromatic carbocycles. The van der Waals surface area contributed by atoms with Gasteiger partial charge in [0.1, 0.15) is 0 Å². The zero-order valence-corrected chi connectivity index (χ0v) is 9.45. The molecule has 0 aliphatic rings. The van der Waals surface area contributed by atoms with Crippen LogP contribution in [0.5, 0.6) is 0 Å². The van der Waals surface area contributed by atoms with Crippen LogP contribution in [0.25, 0.3) is 0 Å². The number of ether oxygens (including phenoxy) is 1. The number of hydrogen-bond acceptors (Lipinski definition) is 6. The third-order valence-electron chi connectivity index (χ3n) is 1.25. The Morgan fingerprint density at radius 1 is 1.38 bits per heavy atom. The van der Waals surface area contributed by atoms with Gasteiger partial charge in [0.2, 0.25) is 0 Å². The molecular weight excluding hydrogens is 242 g/mol. The molecule has 0 bridgehead atoms. The lowest BCUT2D eigenvalue weighted by Gasteiger charge is -2.06. The van der Waals surface area contributed by atoms with Gasteiger partial charge in [0, 0.05) is 6.42 Å². The lowest BCUT2D eigenvalue weighted by molar-refractivity contribution is -0.137. The van der Waals surface area contributed by atoms with E-state index in [0.717, 1.165) is 0 Å². The standard InChI is InChI=1S/C7H13NO7S/c1-2-15-16(12,13)8-7(11)14-5-3-4-6(9)10/h2-5H2,1H3,(H,8,11)(H,9,10). The Kier molecular flexibility index (Phi) is 6.42. The topological polar surface area (TPSA) is 119 Å². The van der Waals surface area contributed by atoms with Crippen LogP contribution in [-0.2, 0) is 24.0 Å². The van der Waals surface area contributed by atoms with E-state index in [9.17, 15) is 18.0 Å². The van der Waals surface area contributed by atoms with E-state index in [-0.39, 0.29) is 26.1 Å². The van der Waals surface area contributed by atoms with Gasteiger partial charge in [-0.25, -0.2) is 4.79 Å². The van der Waals surface area contributed by atoms with Crippen molar-refractivity contribution >= 4 is 22.4 Å². The van der Waals surface area contributed by atoms with Gasteiger partial charge in [-0.15, -0.1) is 0 Å². The zero-order valence-electron chi connectivity index (χ0n) is 8.63. The molecule has 0 aliphatic carbocycles. The largest absolute Gasteiger partial charge is 0.481 e. The van der Waals surface area contributed by atoms with E-state index >= 15 is 0 Å². The zero-order chi connectivity index (χ0) is 12.6. The first-order valence-electron chi connectivity index (χ1n) is 4.43. The van der Waals surface area contributed by atoms with Crippen LogP contribution in [0.1, 0.15) is 19.8 Å². The summed E-state index contributed by atoms with van der Waals surface area (Å²) >= 11 is 0. The van der Waals surface area contributed by atoms with Crippen molar-refractivity contribution in [1.82, 2.24) is 4.72 Å². The van der Waals surface area contributed by atoms with Gasteiger partial charge < -0.3 is 9.84 Å². The molecule has 1 amide bonds. The summed E-state index contributed by atoms with van der Waals surface area (Å²) in [7, 11) is -4.13. The van der Waals surface area contributed by atoms with Crippen LogP contribution >= 0.6 is 0 Å². The predicted octanol–water partition coefficient (Wildman–Crippen LogP) is -0.141. The smallest absolute Gasteiger partial charge is 0.422 e. The maximum Gasteiger partial charge on any atom is 0.422 e. The number of rotatable bonds is 7. The van der Waals surface area contributed by atoms with Crippen LogP contribution in [0.15, 0.2) is 0 Å². The maximum atomic E-state index is 10.9. The second-order valence-electron chi connectivity index (χ2n) is 2.60. The number of amides is 1. The van der Waals surface area contributed by atoms with E-state index < -0.39 is 22.4 Å². The Hall–Kier alpha value is -1.35. The second-order valence-corrected chi connectivity index (χ2v) is 3.94. The van der Waals surface area contributed by atoms with E-state index in [2.05, 4.69) is 8.92 Å². The van der Waals surface area contributed by atoms with E-state index in [1.165, 1.54) is 11.6 Å². The number of carboxylic acids is 1. The summed E-state index contributed by atoms with van der Waals surface area (Å²) in [6.07, 6.45) is -1.25. The molecule has 0 fully saturated rings. The van der Waals surface area contributed by atoms with E-state index in [1.54, 1.807) is 0 Å². The highest BCUT2D eigenvalue weighted by atomic mass is 32.2. The Bertz CT molecular complexity index is 337. The molecule has 94 valence electrons. The van der Waals surface area contributed by atoms with E-state index in [0.29, 0.717) is 0 Å². The normalized spacial score (nSPS) is 10.8. The fourth-order valence-electron chi connectivity index (χ4n) is 0.704. The monoisotopic (exact) mass is 255 g/mol. The van der Waals surface area contributed by atoms with Crippen LogP contribution in [0, 0.1) is 0 Å². The highest BCUT2D eigenvalue weighted by Gasteiger charge is 2.15. The van der Waals surface area contributed by atoms with Crippen molar-refractivity contribution in [3.8, 4) is 0 Å². The van der Waals surface area contributed by atoms with Crippen LogP contribution in [0.4, 0.5) is 4.79 Å². The SMILES string of the molecule is CCOS(=O)(=O)NC(=O)OCCCC(=O)O. The van der Waals surface area contributed by atoms with Gasteiger partial charge in [-0.3, -0.25) is 8.98 Å². The van der Waals surface area contributed by atoms with Gasteiger partial charge in [0.05, 0.1) is 13.2 Å². The third kappa shape index (κ3) is 8.00. The number of hydrogen-bond donors (Lipinski definition) is 2. The van der Waals surface area contributed by atoms with Crippen molar-refractivity contribution in [3.05, 3.63) is 0 Å². The average molecular weight is 255 g/mol. The maximum absolute atomic E-state index is 10.9. The first kappa shape index (κ1) is 14.6. The molecule has 0 heterocycles. The van der Waals surface area contributed by atoms with Crippen LogP contribution in [-0.4, -0.2) is 38.8 Å². The minimum Gasteiger partial charge on any atom is -0.481 e. The molecule has 9 heteroatoms. The number of carbonyl (C=O) groups excluding carboxylic acids is 1. The molecule has 0 unspecified atom stereocenters. The molecular formula is C7H13NO7S. The molecule has 0 rings (SSSR count). The Morgan fingerprint density at radius 2 is 2.00 bits per heavy atom. The van der Waals surface area contributed by atoms with Crippen molar-refractivity contribution < 1.29 is 32.0 Å². The van der Waals surface area contributed by atoms with Crippen molar-refractivity contribution in [2.24, 2.45) is 0 Å².